The molecule has 486 valence electrons. The van der Waals surface area contributed by atoms with Crippen molar-refractivity contribution in [2.24, 2.45) is 0 Å². The third-order valence-corrected chi connectivity index (χ3v) is 20.9. The summed E-state index contributed by atoms with van der Waals surface area (Å²) in [6.45, 7) is -0.116. The molecular weight excluding hydrogens is 1270 g/mol. The molecule has 8 heteroatoms. The maximum absolute atomic E-state index is 7.16. The number of benzene rings is 16. The van der Waals surface area contributed by atoms with Gasteiger partial charge in [-0.15, -0.1) is 0 Å². The van der Waals surface area contributed by atoms with Crippen LogP contribution in [-0.2, 0) is 0 Å². The van der Waals surface area contributed by atoms with E-state index >= 15 is 0 Å². The summed E-state index contributed by atoms with van der Waals surface area (Å²) in [5, 5.41) is 2.44. The monoisotopic (exact) mass is 1330 g/mol. The molecule has 0 saturated heterocycles. The van der Waals surface area contributed by atoms with E-state index in [0.29, 0.717) is 0 Å². The van der Waals surface area contributed by atoms with Crippen LogP contribution < -0.4 is 56.6 Å². The molecule has 0 unspecified atom stereocenters. The van der Waals surface area contributed by atoms with Gasteiger partial charge in [0.25, 0.3) is 13.4 Å². The Morgan fingerprint density at radius 2 is 0.519 bits per heavy atom. The topological polar surface area (TPSA) is 45.1 Å². The molecule has 0 spiro atoms. The Hall–Kier alpha value is -13.6. The highest BCUT2D eigenvalue weighted by Crippen LogP contribution is 2.48. The van der Waals surface area contributed by atoms with Crippen LogP contribution in [0.1, 0.15) is 0 Å². The minimum absolute atomic E-state index is 0.0145. The van der Waals surface area contributed by atoms with E-state index in [1.165, 1.54) is 21.9 Å². The first-order valence-electron chi connectivity index (χ1n) is 35.5. The third kappa shape index (κ3) is 10.4. The Morgan fingerprint density at radius 1 is 0.221 bits per heavy atom. The molecule has 0 fully saturated rings. The first-order valence-corrected chi connectivity index (χ1v) is 35.5. The summed E-state index contributed by atoms with van der Waals surface area (Å²) in [5.41, 5.74) is 26.7. The quantitative estimate of drug-likeness (QED) is 0.128. The Kier molecular flexibility index (Phi) is 14.7. The lowest BCUT2D eigenvalue weighted by atomic mass is 9.34. The Bertz CT molecular complexity index is 5950. The van der Waals surface area contributed by atoms with Crippen LogP contribution in [0.4, 0.5) is 17.1 Å². The lowest BCUT2D eigenvalue weighted by molar-refractivity contribution is 0.464. The summed E-state index contributed by atoms with van der Waals surface area (Å²) in [6, 6.07) is 133. The van der Waals surface area contributed by atoms with Gasteiger partial charge in [0.2, 0.25) is 0 Å². The van der Waals surface area contributed by atoms with E-state index < -0.39 is 0 Å². The Labute approximate surface area is 604 Å². The maximum atomic E-state index is 7.16. The van der Waals surface area contributed by atoms with Gasteiger partial charge in [0, 0.05) is 62.0 Å². The van der Waals surface area contributed by atoms with E-state index in [9.17, 15) is 0 Å². The van der Waals surface area contributed by atoms with E-state index in [1.54, 1.807) is 0 Å². The van der Waals surface area contributed by atoms with Crippen molar-refractivity contribution in [1.29, 1.82) is 0 Å². The van der Waals surface area contributed by atoms with Crippen LogP contribution in [0.15, 0.2) is 376 Å². The van der Waals surface area contributed by atoms with E-state index in [4.69, 9.17) is 18.9 Å². The van der Waals surface area contributed by atoms with Gasteiger partial charge >= 0.3 is 0 Å². The van der Waals surface area contributed by atoms with Gasteiger partial charge in [-0.05, 0) is 156 Å². The Balaban J connectivity index is 0.000000142. The fourth-order valence-electron chi connectivity index (χ4n) is 16.1. The molecule has 0 radical (unpaired) electrons. The number of hydrogen-bond acceptors (Lipinski definition) is 5. The number of aromatic nitrogens is 1. The first kappa shape index (κ1) is 60.4. The van der Waals surface area contributed by atoms with Crippen LogP contribution in [0.3, 0.4) is 0 Å². The standard InChI is InChI=1S/C54H36BNO2.C42H26BNO2/c1-6-16-37(17-7-1)41-28-32-48-50(34-41)57-53-46(39-18-8-2-9-19-39)36-47(40-20-10-3-11-21-40)54-52(53)55(48)49-33-29-42(35-51(49)58-54)38-26-30-45(31-27-38)56(43-22-12-4-13-23-43)44-24-14-5-15-25-44;1-3-11-27(12-4-1)29-19-21-34-38(23-29)45-40-25-31(44-36-17-9-7-15-32(36)33-16-8-10-18-37(33)44)26-41-42(40)43(34)35-22-20-30(24-39(35)46-41)28-13-5-2-6-14-28/h1-36H;1-26H. The highest BCUT2D eigenvalue weighted by atomic mass is 16.5. The van der Waals surface area contributed by atoms with Crippen LogP contribution in [0.5, 0.6) is 46.0 Å². The zero-order valence-corrected chi connectivity index (χ0v) is 56.5. The number of nitrogens with zero attached hydrogens (tertiary/aromatic N) is 2. The van der Waals surface area contributed by atoms with Gasteiger partial charge in [-0.2, -0.15) is 0 Å². The molecule has 4 aliphatic rings. The van der Waals surface area contributed by atoms with E-state index in [1.807, 2.05) is 0 Å². The minimum atomic E-state index is -0.102. The van der Waals surface area contributed by atoms with Crippen LogP contribution in [0, 0.1) is 0 Å². The molecule has 5 heterocycles. The second-order valence-electron chi connectivity index (χ2n) is 26.9. The van der Waals surface area contributed by atoms with Gasteiger partial charge in [-0.25, -0.2) is 0 Å². The van der Waals surface area contributed by atoms with Crippen LogP contribution in [0.2, 0.25) is 0 Å². The number of fused-ring (bicyclic) bond motifs is 11. The zero-order chi connectivity index (χ0) is 68.6. The number of ether oxygens (including phenoxy) is 4. The molecule has 0 N–H and O–H groups in total. The average Bonchev–Trinajstić information content (AvgIpc) is 0.765. The molecule has 17 aromatic rings. The molecule has 0 saturated carbocycles. The van der Waals surface area contributed by atoms with E-state index in [0.717, 1.165) is 168 Å². The van der Waals surface area contributed by atoms with Crippen LogP contribution in [0.25, 0.3) is 94.3 Å². The van der Waals surface area contributed by atoms with Crippen molar-refractivity contribution in [3.05, 3.63) is 376 Å². The van der Waals surface area contributed by atoms with Crippen molar-refractivity contribution in [2.45, 2.75) is 0 Å². The maximum Gasteiger partial charge on any atom is 0.260 e. The van der Waals surface area contributed by atoms with Gasteiger partial charge in [0.15, 0.2) is 0 Å². The van der Waals surface area contributed by atoms with Crippen LogP contribution >= 0.6 is 0 Å². The molecule has 0 atom stereocenters. The molecule has 0 bridgehead atoms. The molecule has 104 heavy (non-hydrogen) atoms. The van der Waals surface area contributed by atoms with Crippen LogP contribution in [-0.4, -0.2) is 18.0 Å². The molecular formula is C96H62B2N2O4. The summed E-state index contributed by atoms with van der Waals surface area (Å²) in [6.07, 6.45) is 0. The molecule has 16 aromatic carbocycles. The zero-order valence-electron chi connectivity index (χ0n) is 56.5. The normalized spacial score (nSPS) is 12.3. The average molecular weight is 1330 g/mol. The van der Waals surface area contributed by atoms with Gasteiger partial charge in [-0.1, -0.05) is 285 Å². The summed E-state index contributed by atoms with van der Waals surface area (Å²) in [4.78, 5) is 2.29. The molecule has 0 aliphatic carbocycles. The first-order chi connectivity index (χ1) is 51.6. The molecule has 21 rings (SSSR count). The third-order valence-electron chi connectivity index (χ3n) is 20.9. The number of anilines is 3. The molecule has 6 nitrogen and oxygen atoms in total. The largest absolute Gasteiger partial charge is 0.458 e. The smallest absolute Gasteiger partial charge is 0.260 e. The van der Waals surface area contributed by atoms with Gasteiger partial charge in [0.1, 0.15) is 46.0 Å². The number of rotatable bonds is 10. The predicted molar refractivity (Wildman–Crippen MR) is 430 cm³/mol. The van der Waals surface area contributed by atoms with Crippen molar-refractivity contribution in [3.8, 4) is 118 Å². The summed E-state index contributed by atoms with van der Waals surface area (Å²) in [5.74, 6) is 6.81. The lowest BCUT2D eigenvalue weighted by Gasteiger charge is -2.35. The minimum Gasteiger partial charge on any atom is -0.458 e. The predicted octanol–water partition coefficient (Wildman–Crippen LogP) is 21.4. The van der Waals surface area contributed by atoms with Gasteiger partial charge < -0.3 is 28.4 Å². The van der Waals surface area contributed by atoms with Crippen molar-refractivity contribution >= 4 is 85.1 Å². The Morgan fingerprint density at radius 3 is 0.904 bits per heavy atom. The highest BCUT2D eigenvalue weighted by Gasteiger charge is 2.44. The fraction of sp³-hybridized carbons (Fsp3) is 0. The van der Waals surface area contributed by atoms with Crippen molar-refractivity contribution in [1.82, 2.24) is 4.57 Å². The second-order valence-corrected chi connectivity index (χ2v) is 26.9. The summed E-state index contributed by atoms with van der Waals surface area (Å²) >= 11 is 0. The lowest BCUT2D eigenvalue weighted by Crippen LogP contribution is -2.57. The molecule has 4 aliphatic heterocycles. The van der Waals surface area contributed by atoms with Crippen molar-refractivity contribution < 1.29 is 18.9 Å². The SMILES string of the molecule is c1ccc(-c2ccc3c(c2)Oc2c(-c4ccccc4)cc(-c4ccccc4)c4c2B3c2ccc(-c3ccc(N(c5ccccc5)c5ccccc5)cc3)cc2O4)cc1.c1ccc(-c2ccc3c(c2)Oc2cc(-n4c5ccccc5c5ccccc54)cc4c2B3c2ccc(-c3ccccc3)cc2O4)cc1. The molecule has 1 aromatic heterocycles. The number of hydrogen-bond donors (Lipinski definition) is 0. The summed E-state index contributed by atoms with van der Waals surface area (Å²) in [7, 11) is 0. The van der Waals surface area contributed by atoms with E-state index in [2.05, 4.69) is 386 Å². The highest BCUT2D eigenvalue weighted by molar-refractivity contribution is 6.99. The van der Waals surface area contributed by atoms with E-state index in [-0.39, 0.29) is 13.4 Å². The van der Waals surface area contributed by atoms with Gasteiger partial charge in [-0.3, -0.25) is 0 Å². The fourth-order valence-corrected chi connectivity index (χ4v) is 16.1. The molecule has 0 amide bonds. The summed E-state index contributed by atoms with van der Waals surface area (Å²) < 4.78 is 30.3. The van der Waals surface area contributed by atoms with Crippen molar-refractivity contribution in [2.75, 3.05) is 4.90 Å². The second kappa shape index (κ2) is 25.3. The number of para-hydroxylation sites is 4. The van der Waals surface area contributed by atoms with Crippen molar-refractivity contribution in [3.63, 3.8) is 0 Å². The van der Waals surface area contributed by atoms with Gasteiger partial charge in [0.05, 0.1) is 16.7 Å².